The quantitative estimate of drug-likeness (QED) is 0.628. The molecule has 0 bridgehead atoms. The van der Waals surface area contributed by atoms with E-state index in [1.807, 2.05) is 12.1 Å². The van der Waals surface area contributed by atoms with Crippen LogP contribution in [0.15, 0.2) is 24.3 Å². The van der Waals surface area contributed by atoms with Crippen LogP contribution in [0.25, 0.3) is 16.9 Å². The van der Waals surface area contributed by atoms with Gasteiger partial charge >= 0.3 is 6.18 Å². The Morgan fingerprint density at radius 2 is 1.90 bits per heavy atom. The van der Waals surface area contributed by atoms with Gasteiger partial charge in [-0.05, 0) is 31.2 Å². The maximum Gasteiger partial charge on any atom is 0.433 e. The van der Waals surface area contributed by atoms with E-state index in [2.05, 4.69) is 15.4 Å². The van der Waals surface area contributed by atoms with Crippen molar-refractivity contribution >= 4 is 23.2 Å². The average molecular weight is 435 g/mol. The van der Waals surface area contributed by atoms with Crippen LogP contribution in [-0.2, 0) is 19.0 Å². The van der Waals surface area contributed by atoms with Gasteiger partial charge in [-0.2, -0.15) is 18.3 Å². The van der Waals surface area contributed by atoms with Crippen molar-refractivity contribution in [2.75, 3.05) is 0 Å². The molecule has 0 spiro atoms. The summed E-state index contributed by atoms with van der Waals surface area (Å²) in [6.07, 6.45) is -0.312. The SMILES string of the molecule is O=C(NC1CCCC1)c1nn2c(C(F)(F)F)c3c(nc2c1Cl)-c1ccccc1CC3. The highest BCUT2D eigenvalue weighted by Gasteiger charge is 2.41. The molecule has 156 valence electrons. The molecule has 0 radical (unpaired) electrons. The minimum Gasteiger partial charge on any atom is -0.348 e. The summed E-state index contributed by atoms with van der Waals surface area (Å²) >= 11 is 6.36. The first kappa shape index (κ1) is 19.4. The number of alkyl halides is 3. The molecule has 2 heterocycles. The van der Waals surface area contributed by atoms with E-state index in [1.54, 1.807) is 12.1 Å². The summed E-state index contributed by atoms with van der Waals surface area (Å²) < 4.78 is 43.1. The first-order valence-electron chi connectivity index (χ1n) is 9.92. The molecule has 1 N–H and O–H groups in total. The van der Waals surface area contributed by atoms with E-state index in [-0.39, 0.29) is 40.1 Å². The lowest BCUT2D eigenvalue weighted by atomic mass is 9.88. The van der Waals surface area contributed by atoms with Gasteiger partial charge in [-0.1, -0.05) is 48.7 Å². The van der Waals surface area contributed by atoms with E-state index in [9.17, 15) is 18.0 Å². The van der Waals surface area contributed by atoms with Crippen molar-refractivity contribution in [2.24, 2.45) is 0 Å². The van der Waals surface area contributed by atoms with E-state index in [1.165, 1.54) is 0 Å². The third kappa shape index (κ3) is 3.05. The number of aryl methyl sites for hydroxylation is 1. The molecule has 5 rings (SSSR count). The van der Waals surface area contributed by atoms with Gasteiger partial charge in [0, 0.05) is 17.2 Å². The zero-order valence-electron chi connectivity index (χ0n) is 15.9. The number of fused-ring (bicyclic) bond motifs is 4. The van der Waals surface area contributed by atoms with Gasteiger partial charge in [0.15, 0.2) is 17.0 Å². The number of rotatable bonds is 2. The smallest absolute Gasteiger partial charge is 0.348 e. The molecule has 0 saturated heterocycles. The Morgan fingerprint density at radius 1 is 1.17 bits per heavy atom. The van der Waals surface area contributed by atoms with Gasteiger partial charge in [-0.3, -0.25) is 4.79 Å². The zero-order chi connectivity index (χ0) is 21.0. The average Bonchev–Trinajstić information content (AvgIpc) is 3.33. The Labute approximate surface area is 175 Å². The van der Waals surface area contributed by atoms with Crippen LogP contribution in [0.5, 0.6) is 0 Å². The van der Waals surface area contributed by atoms with E-state index >= 15 is 0 Å². The number of amides is 1. The number of nitrogens with one attached hydrogen (secondary N) is 1. The van der Waals surface area contributed by atoms with Crippen LogP contribution in [-0.4, -0.2) is 26.5 Å². The lowest BCUT2D eigenvalue weighted by Crippen LogP contribution is -2.33. The summed E-state index contributed by atoms with van der Waals surface area (Å²) in [5.41, 5.74) is 0.620. The number of halogens is 4. The fourth-order valence-electron chi connectivity index (χ4n) is 4.50. The fraction of sp³-hybridized carbons (Fsp3) is 0.381. The number of nitrogens with zero attached hydrogens (tertiary/aromatic N) is 3. The summed E-state index contributed by atoms with van der Waals surface area (Å²) in [6.45, 7) is 0. The maximum absolute atomic E-state index is 14.1. The normalized spacial score (nSPS) is 16.5. The molecule has 1 fully saturated rings. The Balaban J connectivity index is 1.71. The Morgan fingerprint density at radius 3 is 2.63 bits per heavy atom. The molecule has 9 heteroatoms. The third-order valence-electron chi connectivity index (χ3n) is 5.90. The van der Waals surface area contributed by atoms with E-state index < -0.39 is 17.8 Å². The first-order chi connectivity index (χ1) is 14.3. The molecule has 2 aliphatic rings. The number of hydrogen-bond donors (Lipinski definition) is 1. The summed E-state index contributed by atoms with van der Waals surface area (Å²) in [5.74, 6) is -0.566. The number of hydrogen-bond acceptors (Lipinski definition) is 3. The van der Waals surface area contributed by atoms with Crippen molar-refractivity contribution in [3.63, 3.8) is 0 Å². The molecule has 0 atom stereocenters. The topological polar surface area (TPSA) is 59.3 Å². The Bertz CT molecular complexity index is 1170. The van der Waals surface area contributed by atoms with Gasteiger partial charge in [0.1, 0.15) is 5.02 Å². The van der Waals surface area contributed by atoms with Crippen molar-refractivity contribution in [3.05, 3.63) is 51.8 Å². The highest BCUT2D eigenvalue weighted by atomic mass is 35.5. The maximum atomic E-state index is 14.1. The molecule has 1 amide bonds. The largest absolute Gasteiger partial charge is 0.433 e. The highest BCUT2D eigenvalue weighted by molar-refractivity contribution is 6.36. The fourth-order valence-corrected chi connectivity index (χ4v) is 4.75. The van der Waals surface area contributed by atoms with Crippen molar-refractivity contribution in [1.82, 2.24) is 19.9 Å². The summed E-state index contributed by atoms with van der Waals surface area (Å²) in [4.78, 5) is 17.1. The van der Waals surface area contributed by atoms with Crippen molar-refractivity contribution in [1.29, 1.82) is 0 Å². The molecule has 0 unspecified atom stereocenters. The second-order valence-corrected chi connectivity index (χ2v) is 8.17. The van der Waals surface area contributed by atoms with E-state index in [4.69, 9.17) is 11.6 Å². The molecule has 2 aromatic heterocycles. The molecule has 3 aromatic rings. The number of benzene rings is 1. The molecule has 30 heavy (non-hydrogen) atoms. The van der Waals surface area contributed by atoms with Gasteiger partial charge in [0.05, 0.1) is 5.69 Å². The summed E-state index contributed by atoms with van der Waals surface area (Å²) in [6, 6.07) is 7.26. The minimum atomic E-state index is -4.67. The van der Waals surface area contributed by atoms with Crippen LogP contribution in [0.2, 0.25) is 5.02 Å². The highest BCUT2D eigenvalue weighted by Crippen LogP contribution is 2.41. The third-order valence-corrected chi connectivity index (χ3v) is 6.24. The van der Waals surface area contributed by atoms with Gasteiger partial charge < -0.3 is 5.32 Å². The summed E-state index contributed by atoms with van der Waals surface area (Å²) in [5, 5.41) is 6.64. The van der Waals surface area contributed by atoms with E-state index in [0.29, 0.717) is 16.5 Å². The van der Waals surface area contributed by atoms with Gasteiger partial charge in [-0.15, -0.1) is 0 Å². The monoisotopic (exact) mass is 434 g/mol. The van der Waals surface area contributed by atoms with Gasteiger partial charge in [0.25, 0.3) is 5.91 Å². The molecule has 1 saturated carbocycles. The van der Waals surface area contributed by atoms with Crippen LogP contribution < -0.4 is 5.32 Å². The molecule has 0 aliphatic heterocycles. The van der Waals surface area contributed by atoms with Crippen LogP contribution >= 0.6 is 11.6 Å². The van der Waals surface area contributed by atoms with Crippen LogP contribution in [0, 0.1) is 0 Å². The Kier molecular flexibility index (Phi) is 4.50. The molecular weight excluding hydrogens is 417 g/mol. The van der Waals surface area contributed by atoms with Gasteiger partial charge in [0.2, 0.25) is 0 Å². The molecule has 1 aromatic carbocycles. The number of aromatic nitrogens is 3. The van der Waals surface area contributed by atoms with Crippen LogP contribution in [0.3, 0.4) is 0 Å². The lowest BCUT2D eigenvalue weighted by molar-refractivity contribution is -0.143. The first-order valence-corrected chi connectivity index (χ1v) is 10.3. The molecule has 5 nitrogen and oxygen atoms in total. The Hall–Kier alpha value is -2.61. The van der Waals surface area contributed by atoms with Crippen LogP contribution in [0.1, 0.15) is 53.0 Å². The zero-order valence-corrected chi connectivity index (χ0v) is 16.6. The van der Waals surface area contributed by atoms with Crippen molar-refractivity contribution in [3.8, 4) is 11.3 Å². The predicted octanol–water partition coefficient (Wildman–Crippen LogP) is 4.84. The van der Waals surface area contributed by atoms with Crippen LogP contribution in [0.4, 0.5) is 13.2 Å². The lowest BCUT2D eigenvalue weighted by Gasteiger charge is -2.23. The second-order valence-electron chi connectivity index (χ2n) is 7.80. The molecular formula is C21H18ClF3N4O. The van der Waals surface area contributed by atoms with Crippen molar-refractivity contribution in [2.45, 2.75) is 50.7 Å². The number of carbonyl (C=O) groups is 1. The van der Waals surface area contributed by atoms with Gasteiger partial charge in [-0.25, -0.2) is 9.50 Å². The second kappa shape index (κ2) is 6.97. The van der Waals surface area contributed by atoms with Crippen molar-refractivity contribution < 1.29 is 18.0 Å². The predicted molar refractivity (Wildman–Crippen MR) is 106 cm³/mol. The van der Waals surface area contributed by atoms with E-state index in [0.717, 1.165) is 31.2 Å². The minimum absolute atomic E-state index is 0.00601. The summed E-state index contributed by atoms with van der Waals surface area (Å²) in [7, 11) is 0. The standard InChI is InChI=1S/C21H18ClF3N4O/c22-15-17(20(30)26-12-6-2-3-7-12)28-29-18(21(23,24)25)14-10-9-11-5-1-4-8-13(11)16(14)27-19(15)29/h1,4-5,8,12H,2-3,6-7,9-10H2,(H,26,30). The number of carbonyl (C=O) groups excluding carboxylic acids is 1. The molecule has 2 aliphatic carbocycles.